The van der Waals surface area contributed by atoms with Crippen molar-refractivity contribution >= 4 is 17.5 Å². The molecule has 86 valence electrons. The molecule has 1 N–H and O–H groups in total. The fraction of sp³-hybridized carbons (Fsp3) is 0.700. The molecular formula is C10H17NO4. The van der Waals surface area contributed by atoms with Gasteiger partial charge in [-0.05, 0) is 6.92 Å². The number of hydrogen-bond donors (Lipinski definition) is 1. The van der Waals surface area contributed by atoms with Gasteiger partial charge in [0, 0.05) is 20.0 Å². The molecule has 0 aromatic heterocycles. The molecule has 0 bridgehead atoms. The van der Waals surface area contributed by atoms with Crippen LogP contribution in [-0.2, 0) is 19.1 Å². The van der Waals surface area contributed by atoms with Gasteiger partial charge in [0.25, 0.3) is 0 Å². The predicted molar refractivity (Wildman–Crippen MR) is 54.4 cm³/mol. The Bertz CT molecular complexity index is 250. The lowest BCUT2D eigenvalue weighted by atomic mass is 10.1. The van der Waals surface area contributed by atoms with Crippen molar-refractivity contribution < 1.29 is 19.1 Å². The van der Waals surface area contributed by atoms with Crippen LogP contribution in [0.5, 0.6) is 0 Å². The number of methoxy groups -OCH3 is 1. The Morgan fingerprint density at radius 3 is 2.33 bits per heavy atom. The third-order valence-electron chi connectivity index (χ3n) is 1.93. The topological polar surface area (TPSA) is 72.5 Å². The van der Waals surface area contributed by atoms with E-state index in [0.29, 0.717) is 6.42 Å². The maximum absolute atomic E-state index is 11.1. The molecule has 0 aromatic rings. The molecule has 0 aromatic carbocycles. The van der Waals surface area contributed by atoms with E-state index in [0.717, 1.165) is 0 Å². The largest absolute Gasteiger partial charge is 0.375 e. The summed E-state index contributed by atoms with van der Waals surface area (Å²) in [5.41, 5.74) is 0. The van der Waals surface area contributed by atoms with Crippen molar-refractivity contribution in [3.05, 3.63) is 0 Å². The molecule has 0 spiro atoms. The second-order valence-electron chi connectivity index (χ2n) is 3.26. The lowest BCUT2D eigenvalue weighted by Crippen LogP contribution is -2.42. The Labute approximate surface area is 89.2 Å². The van der Waals surface area contributed by atoms with Crippen LogP contribution in [0.1, 0.15) is 26.7 Å². The second-order valence-corrected chi connectivity index (χ2v) is 3.26. The highest BCUT2D eigenvalue weighted by molar-refractivity contribution is 5.92. The highest BCUT2D eigenvalue weighted by Crippen LogP contribution is 1.98. The minimum atomic E-state index is -0.722. The molecule has 0 aliphatic carbocycles. The van der Waals surface area contributed by atoms with E-state index in [1.807, 2.05) is 0 Å². The standard InChI is InChI=1S/C10H17NO4/c1-4-8(13)5-9(7(2)12)11-10(14)6-15-3/h9H,4-6H2,1-3H3,(H,11,14)/t9-/m0/s1. The number of carbonyl (C=O) groups excluding carboxylic acids is 3. The van der Waals surface area contributed by atoms with Crippen molar-refractivity contribution in [1.29, 1.82) is 0 Å². The average molecular weight is 215 g/mol. The zero-order valence-corrected chi connectivity index (χ0v) is 9.33. The van der Waals surface area contributed by atoms with Gasteiger partial charge in [-0.25, -0.2) is 0 Å². The van der Waals surface area contributed by atoms with Gasteiger partial charge in [-0.15, -0.1) is 0 Å². The molecule has 0 aliphatic heterocycles. The van der Waals surface area contributed by atoms with E-state index >= 15 is 0 Å². The monoisotopic (exact) mass is 215 g/mol. The van der Waals surface area contributed by atoms with Crippen LogP contribution in [-0.4, -0.2) is 37.2 Å². The number of Topliss-reactive ketones (excluding diaryl/α,β-unsaturated/α-hetero) is 2. The highest BCUT2D eigenvalue weighted by atomic mass is 16.5. The van der Waals surface area contributed by atoms with Gasteiger partial charge in [0.05, 0.1) is 6.04 Å². The summed E-state index contributed by atoms with van der Waals surface area (Å²) in [6.45, 7) is 2.96. The minimum Gasteiger partial charge on any atom is -0.375 e. The molecule has 0 radical (unpaired) electrons. The summed E-state index contributed by atoms with van der Waals surface area (Å²) in [6.07, 6.45) is 0.422. The Kier molecular flexibility index (Phi) is 6.53. The van der Waals surface area contributed by atoms with Crippen LogP contribution in [0.15, 0.2) is 0 Å². The summed E-state index contributed by atoms with van der Waals surface area (Å²) in [5, 5.41) is 2.45. The van der Waals surface area contributed by atoms with Crippen molar-refractivity contribution in [2.75, 3.05) is 13.7 Å². The van der Waals surface area contributed by atoms with E-state index < -0.39 is 6.04 Å². The average Bonchev–Trinajstić information content (AvgIpc) is 2.16. The fourth-order valence-electron chi connectivity index (χ4n) is 1.04. The van der Waals surface area contributed by atoms with Crippen molar-refractivity contribution in [2.24, 2.45) is 0 Å². The van der Waals surface area contributed by atoms with Gasteiger partial charge >= 0.3 is 0 Å². The number of ether oxygens (including phenoxy) is 1. The first kappa shape index (κ1) is 13.8. The number of ketones is 2. The van der Waals surface area contributed by atoms with E-state index in [-0.39, 0.29) is 30.5 Å². The van der Waals surface area contributed by atoms with Crippen molar-refractivity contribution in [2.45, 2.75) is 32.7 Å². The molecule has 0 saturated carbocycles. The first-order chi connectivity index (χ1) is 7.01. The highest BCUT2D eigenvalue weighted by Gasteiger charge is 2.19. The predicted octanol–water partition coefficient (Wildman–Crippen LogP) is 0.0758. The zero-order valence-electron chi connectivity index (χ0n) is 9.33. The summed E-state index contributed by atoms with van der Waals surface area (Å²) >= 11 is 0. The molecule has 0 unspecified atom stereocenters. The lowest BCUT2D eigenvalue weighted by Gasteiger charge is -2.14. The minimum absolute atomic E-state index is 0.0482. The van der Waals surface area contributed by atoms with Crippen LogP contribution in [0, 0.1) is 0 Å². The molecule has 15 heavy (non-hydrogen) atoms. The molecule has 0 saturated heterocycles. The number of amides is 1. The molecule has 1 atom stereocenters. The van der Waals surface area contributed by atoms with Gasteiger partial charge < -0.3 is 10.1 Å². The maximum atomic E-state index is 11.1. The molecule has 0 fully saturated rings. The van der Waals surface area contributed by atoms with Crippen LogP contribution < -0.4 is 5.32 Å². The van der Waals surface area contributed by atoms with E-state index in [4.69, 9.17) is 0 Å². The molecule has 0 rings (SSSR count). The van der Waals surface area contributed by atoms with E-state index in [9.17, 15) is 14.4 Å². The molecule has 0 heterocycles. The third kappa shape index (κ3) is 5.96. The zero-order chi connectivity index (χ0) is 11.8. The molecular weight excluding hydrogens is 198 g/mol. The number of nitrogens with one attached hydrogen (secondary N) is 1. The summed E-state index contributed by atoms with van der Waals surface area (Å²) in [5.74, 6) is -0.657. The summed E-state index contributed by atoms with van der Waals surface area (Å²) in [7, 11) is 1.39. The molecule has 5 heteroatoms. The van der Waals surface area contributed by atoms with E-state index in [2.05, 4.69) is 10.1 Å². The maximum Gasteiger partial charge on any atom is 0.246 e. The van der Waals surface area contributed by atoms with E-state index in [1.54, 1.807) is 6.92 Å². The Morgan fingerprint density at radius 1 is 1.33 bits per heavy atom. The van der Waals surface area contributed by atoms with E-state index in [1.165, 1.54) is 14.0 Å². The quantitative estimate of drug-likeness (QED) is 0.652. The summed E-state index contributed by atoms with van der Waals surface area (Å²) < 4.78 is 4.61. The van der Waals surface area contributed by atoms with Crippen LogP contribution in [0.2, 0.25) is 0 Å². The second kappa shape index (κ2) is 7.11. The van der Waals surface area contributed by atoms with Gasteiger partial charge in [-0.3, -0.25) is 14.4 Å². The van der Waals surface area contributed by atoms with Crippen molar-refractivity contribution in [1.82, 2.24) is 5.32 Å². The Morgan fingerprint density at radius 2 is 1.93 bits per heavy atom. The SMILES string of the molecule is CCC(=O)C[C@H](NC(=O)COC)C(C)=O. The van der Waals surface area contributed by atoms with Gasteiger partial charge in [0.2, 0.25) is 5.91 Å². The van der Waals surface area contributed by atoms with Gasteiger partial charge in [0.15, 0.2) is 5.78 Å². The Hall–Kier alpha value is -1.23. The van der Waals surface area contributed by atoms with Gasteiger partial charge in [-0.1, -0.05) is 6.92 Å². The first-order valence-electron chi connectivity index (χ1n) is 4.81. The molecule has 1 amide bonds. The smallest absolute Gasteiger partial charge is 0.246 e. The lowest BCUT2D eigenvalue weighted by molar-refractivity contribution is -0.131. The third-order valence-corrected chi connectivity index (χ3v) is 1.93. The number of rotatable bonds is 7. The van der Waals surface area contributed by atoms with Crippen molar-refractivity contribution in [3.8, 4) is 0 Å². The molecule has 5 nitrogen and oxygen atoms in total. The van der Waals surface area contributed by atoms with Crippen LogP contribution >= 0.6 is 0 Å². The summed E-state index contributed by atoms with van der Waals surface area (Å²) in [6, 6.07) is -0.722. The van der Waals surface area contributed by atoms with Crippen molar-refractivity contribution in [3.63, 3.8) is 0 Å². The van der Waals surface area contributed by atoms with Crippen LogP contribution in [0.4, 0.5) is 0 Å². The van der Waals surface area contributed by atoms with Gasteiger partial charge in [0.1, 0.15) is 12.4 Å². The summed E-state index contributed by atoms with van der Waals surface area (Å²) in [4.78, 5) is 33.4. The number of carbonyl (C=O) groups is 3. The van der Waals surface area contributed by atoms with Crippen LogP contribution in [0.25, 0.3) is 0 Å². The fourth-order valence-corrected chi connectivity index (χ4v) is 1.04. The first-order valence-corrected chi connectivity index (χ1v) is 4.81. The number of hydrogen-bond acceptors (Lipinski definition) is 4. The normalized spacial score (nSPS) is 11.9. The van der Waals surface area contributed by atoms with Crippen LogP contribution in [0.3, 0.4) is 0 Å². The Balaban J connectivity index is 4.22. The molecule has 0 aliphatic rings. The van der Waals surface area contributed by atoms with Gasteiger partial charge in [-0.2, -0.15) is 0 Å².